The largest absolute Gasteiger partial charge is 0.417 e. The standard InChI is InChI=1S/C16H15ClF3N5O/c1-10-7-22-13(9-21-10)15(26)25-4-2-24(3-5-25)14-12(17)6-11(8-23-14)16(18,19)20/h6-9H,2-5H2,1H3. The van der Waals surface area contributed by atoms with Crippen LogP contribution >= 0.6 is 11.6 Å². The topological polar surface area (TPSA) is 62.2 Å². The van der Waals surface area contributed by atoms with Gasteiger partial charge < -0.3 is 9.80 Å². The van der Waals surface area contributed by atoms with Crippen molar-refractivity contribution in [2.75, 3.05) is 31.1 Å². The molecule has 3 rings (SSSR count). The van der Waals surface area contributed by atoms with Gasteiger partial charge in [-0.05, 0) is 13.0 Å². The van der Waals surface area contributed by atoms with E-state index in [9.17, 15) is 18.0 Å². The Morgan fingerprint density at radius 3 is 2.31 bits per heavy atom. The van der Waals surface area contributed by atoms with Crippen molar-refractivity contribution in [3.05, 3.63) is 46.6 Å². The maximum Gasteiger partial charge on any atom is 0.417 e. The van der Waals surface area contributed by atoms with E-state index in [-0.39, 0.29) is 22.4 Å². The number of alkyl halides is 3. The van der Waals surface area contributed by atoms with Gasteiger partial charge in [0.2, 0.25) is 0 Å². The van der Waals surface area contributed by atoms with Gasteiger partial charge in [-0.3, -0.25) is 9.78 Å². The van der Waals surface area contributed by atoms with Crippen LogP contribution in [0.3, 0.4) is 0 Å². The summed E-state index contributed by atoms with van der Waals surface area (Å²) in [4.78, 5) is 27.8. The van der Waals surface area contributed by atoms with E-state index in [1.807, 2.05) is 0 Å². The number of hydrogen-bond donors (Lipinski definition) is 0. The van der Waals surface area contributed by atoms with Gasteiger partial charge in [0.1, 0.15) is 11.5 Å². The molecule has 0 aliphatic carbocycles. The molecule has 1 aliphatic heterocycles. The van der Waals surface area contributed by atoms with Gasteiger partial charge in [-0.25, -0.2) is 9.97 Å². The summed E-state index contributed by atoms with van der Waals surface area (Å²) in [6, 6.07) is 0.864. The van der Waals surface area contributed by atoms with E-state index in [1.165, 1.54) is 12.4 Å². The second kappa shape index (κ2) is 7.06. The average Bonchev–Trinajstić information content (AvgIpc) is 2.61. The van der Waals surface area contributed by atoms with Crippen molar-refractivity contribution in [1.29, 1.82) is 0 Å². The first-order valence-corrected chi connectivity index (χ1v) is 8.19. The fourth-order valence-corrected chi connectivity index (χ4v) is 2.89. The fraction of sp³-hybridized carbons (Fsp3) is 0.375. The van der Waals surface area contributed by atoms with Crippen molar-refractivity contribution in [2.45, 2.75) is 13.1 Å². The van der Waals surface area contributed by atoms with Crippen LogP contribution in [0.15, 0.2) is 24.7 Å². The lowest BCUT2D eigenvalue weighted by Crippen LogP contribution is -2.49. The summed E-state index contributed by atoms with van der Waals surface area (Å²) in [6.45, 7) is 3.36. The molecule has 1 aliphatic rings. The summed E-state index contributed by atoms with van der Waals surface area (Å²) in [5.41, 5.74) is 0.0853. The van der Waals surface area contributed by atoms with E-state index in [2.05, 4.69) is 15.0 Å². The Bertz CT molecular complexity index is 805. The van der Waals surface area contributed by atoms with Crippen LogP contribution in [0.1, 0.15) is 21.7 Å². The molecule has 0 N–H and O–H groups in total. The zero-order valence-corrected chi connectivity index (χ0v) is 14.5. The van der Waals surface area contributed by atoms with Crippen LogP contribution in [0.25, 0.3) is 0 Å². The molecule has 6 nitrogen and oxygen atoms in total. The van der Waals surface area contributed by atoms with Crippen molar-refractivity contribution < 1.29 is 18.0 Å². The highest BCUT2D eigenvalue weighted by Crippen LogP contribution is 2.33. The predicted octanol–water partition coefficient (Wildman–Crippen LogP) is 2.81. The van der Waals surface area contributed by atoms with E-state index < -0.39 is 11.7 Å². The summed E-state index contributed by atoms with van der Waals surface area (Å²) < 4.78 is 38.1. The Balaban J connectivity index is 1.67. The number of aryl methyl sites for hydroxylation is 1. The molecule has 0 unspecified atom stereocenters. The molecule has 10 heteroatoms. The van der Waals surface area contributed by atoms with Gasteiger partial charge in [-0.1, -0.05) is 11.6 Å². The zero-order valence-electron chi connectivity index (χ0n) is 13.8. The van der Waals surface area contributed by atoms with Crippen LogP contribution in [0.2, 0.25) is 5.02 Å². The predicted molar refractivity (Wildman–Crippen MR) is 89.1 cm³/mol. The third-order valence-electron chi connectivity index (χ3n) is 4.02. The summed E-state index contributed by atoms with van der Waals surface area (Å²) in [7, 11) is 0. The van der Waals surface area contributed by atoms with Crippen molar-refractivity contribution >= 4 is 23.3 Å². The van der Waals surface area contributed by atoms with Gasteiger partial charge in [-0.15, -0.1) is 0 Å². The lowest BCUT2D eigenvalue weighted by Gasteiger charge is -2.35. The molecule has 0 atom stereocenters. The number of carbonyl (C=O) groups excluding carboxylic acids is 1. The molecule has 1 saturated heterocycles. The molecule has 26 heavy (non-hydrogen) atoms. The molecular formula is C16H15ClF3N5O. The third-order valence-corrected chi connectivity index (χ3v) is 4.29. The van der Waals surface area contributed by atoms with Crippen molar-refractivity contribution in [3.63, 3.8) is 0 Å². The molecule has 138 valence electrons. The molecule has 2 aromatic heterocycles. The molecule has 0 aromatic carbocycles. The summed E-state index contributed by atoms with van der Waals surface area (Å²) in [5, 5.41) is -0.0657. The minimum Gasteiger partial charge on any atom is -0.352 e. The zero-order chi connectivity index (χ0) is 18.9. The number of aromatic nitrogens is 3. The first-order chi connectivity index (χ1) is 12.3. The highest BCUT2D eigenvalue weighted by atomic mass is 35.5. The minimum absolute atomic E-state index is 0.0657. The summed E-state index contributed by atoms with van der Waals surface area (Å²) >= 11 is 5.98. The monoisotopic (exact) mass is 385 g/mol. The van der Waals surface area contributed by atoms with Gasteiger partial charge in [0.25, 0.3) is 5.91 Å². The Labute approximate surface area is 152 Å². The van der Waals surface area contributed by atoms with E-state index >= 15 is 0 Å². The normalized spacial score (nSPS) is 15.3. The van der Waals surface area contributed by atoms with Crippen LogP contribution in [-0.2, 0) is 6.18 Å². The van der Waals surface area contributed by atoms with Gasteiger partial charge in [0.15, 0.2) is 0 Å². The molecule has 3 heterocycles. The molecule has 1 amide bonds. The number of pyridine rings is 1. The van der Waals surface area contributed by atoms with Crippen molar-refractivity contribution in [1.82, 2.24) is 19.9 Å². The Morgan fingerprint density at radius 1 is 1.08 bits per heavy atom. The lowest BCUT2D eigenvalue weighted by molar-refractivity contribution is -0.137. The molecule has 1 fully saturated rings. The number of halogens is 4. The quantitative estimate of drug-likeness (QED) is 0.795. The van der Waals surface area contributed by atoms with Crippen LogP contribution in [-0.4, -0.2) is 51.9 Å². The van der Waals surface area contributed by atoms with E-state index in [0.29, 0.717) is 26.2 Å². The number of hydrogen-bond acceptors (Lipinski definition) is 5. The summed E-state index contributed by atoms with van der Waals surface area (Å²) in [6.07, 6.45) is -0.774. The van der Waals surface area contributed by atoms with Crippen LogP contribution in [0.5, 0.6) is 0 Å². The second-order valence-corrected chi connectivity index (χ2v) is 6.26. The number of piperazine rings is 1. The van der Waals surface area contributed by atoms with Crippen molar-refractivity contribution in [2.24, 2.45) is 0 Å². The molecule has 0 radical (unpaired) electrons. The SMILES string of the molecule is Cc1cnc(C(=O)N2CCN(c3ncc(C(F)(F)F)cc3Cl)CC2)cn1. The molecular weight excluding hydrogens is 371 g/mol. The number of anilines is 1. The maximum absolute atomic E-state index is 12.7. The number of amides is 1. The number of carbonyl (C=O) groups is 1. The van der Waals surface area contributed by atoms with Gasteiger partial charge in [-0.2, -0.15) is 13.2 Å². The fourth-order valence-electron chi connectivity index (χ4n) is 2.60. The van der Waals surface area contributed by atoms with Crippen LogP contribution in [0, 0.1) is 6.92 Å². The highest BCUT2D eigenvalue weighted by molar-refractivity contribution is 6.33. The lowest BCUT2D eigenvalue weighted by atomic mass is 10.2. The number of rotatable bonds is 2. The average molecular weight is 386 g/mol. The molecule has 2 aromatic rings. The van der Waals surface area contributed by atoms with Crippen LogP contribution < -0.4 is 4.90 Å². The van der Waals surface area contributed by atoms with E-state index in [4.69, 9.17) is 11.6 Å². The Hall–Kier alpha value is -2.42. The third kappa shape index (κ3) is 3.87. The summed E-state index contributed by atoms with van der Waals surface area (Å²) in [5.74, 6) is 0.0468. The van der Waals surface area contributed by atoms with Crippen molar-refractivity contribution in [3.8, 4) is 0 Å². The smallest absolute Gasteiger partial charge is 0.352 e. The highest BCUT2D eigenvalue weighted by Gasteiger charge is 2.32. The number of nitrogens with zero attached hydrogens (tertiary/aromatic N) is 5. The maximum atomic E-state index is 12.7. The Kier molecular flexibility index (Phi) is 4.99. The van der Waals surface area contributed by atoms with Gasteiger partial charge >= 0.3 is 6.18 Å². The first kappa shape index (κ1) is 18.4. The molecule has 0 bridgehead atoms. The second-order valence-electron chi connectivity index (χ2n) is 5.85. The van der Waals surface area contributed by atoms with Gasteiger partial charge in [0, 0.05) is 38.6 Å². The Morgan fingerprint density at radius 2 is 1.77 bits per heavy atom. The van der Waals surface area contributed by atoms with E-state index in [1.54, 1.807) is 16.7 Å². The van der Waals surface area contributed by atoms with E-state index in [0.717, 1.165) is 18.0 Å². The van der Waals surface area contributed by atoms with Crippen LogP contribution in [0.4, 0.5) is 19.0 Å². The minimum atomic E-state index is -4.49. The molecule has 0 spiro atoms. The molecule has 0 saturated carbocycles. The van der Waals surface area contributed by atoms with Gasteiger partial charge in [0.05, 0.1) is 22.5 Å². The first-order valence-electron chi connectivity index (χ1n) is 7.81.